The quantitative estimate of drug-likeness (QED) is 0.392. The molecule has 1 saturated heterocycles. The van der Waals surface area contributed by atoms with Crippen molar-refractivity contribution < 1.29 is 86.9 Å². The average molecular weight is 596 g/mol. The van der Waals surface area contributed by atoms with Gasteiger partial charge in [0.1, 0.15) is 12.4 Å². The third kappa shape index (κ3) is 7.22. The number of aromatic amines is 1. The summed E-state index contributed by atoms with van der Waals surface area (Å²) in [4.78, 5) is 26.8. The summed E-state index contributed by atoms with van der Waals surface area (Å²) in [5.41, 5.74) is 8.42. The van der Waals surface area contributed by atoms with Gasteiger partial charge in [-0.25, -0.2) is 4.98 Å². The third-order valence-electron chi connectivity index (χ3n) is 5.32. The van der Waals surface area contributed by atoms with Gasteiger partial charge >= 0.3 is 75.1 Å². The van der Waals surface area contributed by atoms with Crippen LogP contribution in [0.2, 0.25) is 0 Å². The topological polar surface area (TPSA) is 99.9 Å². The number of hydrogen-bond donors (Lipinski definition) is 3. The SMILES string of the molecule is CN.Cc1cccc2[nH]c(-c3cncc(C(=O)NCC(F)(F)F)c3N3CCC(C)C3)nc12.[CH3-].[Cs+]. The fraction of sp³-hybridized carbons (Fsp3) is 0.391. The average Bonchev–Trinajstić information content (AvgIpc) is 3.39. The Kier molecular flexibility index (Phi) is 12.1. The zero-order chi connectivity index (χ0) is 23.5. The number of benzene rings is 1. The summed E-state index contributed by atoms with van der Waals surface area (Å²) in [7, 11) is 1.50. The predicted octanol–water partition coefficient (Wildman–Crippen LogP) is 1.10. The van der Waals surface area contributed by atoms with E-state index in [2.05, 4.69) is 27.6 Å². The number of amides is 1. The maximum Gasteiger partial charge on any atom is 1.00 e. The number of carbonyl (C=O) groups excluding carboxylic acids is 1. The molecule has 4 rings (SSSR count). The van der Waals surface area contributed by atoms with Crippen LogP contribution in [0.25, 0.3) is 22.4 Å². The van der Waals surface area contributed by atoms with Crippen molar-refractivity contribution in [2.24, 2.45) is 11.7 Å². The van der Waals surface area contributed by atoms with E-state index in [1.807, 2.05) is 35.3 Å². The number of fused-ring (bicyclic) bond motifs is 1. The van der Waals surface area contributed by atoms with E-state index in [1.165, 1.54) is 13.2 Å². The van der Waals surface area contributed by atoms with Crippen molar-refractivity contribution in [1.29, 1.82) is 0 Å². The number of alkyl halides is 3. The van der Waals surface area contributed by atoms with Crippen LogP contribution in [0.3, 0.4) is 0 Å². The molecule has 1 aromatic carbocycles. The van der Waals surface area contributed by atoms with Crippen LogP contribution < -0.4 is 84.8 Å². The normalized spacial score (nSPS) is 15.1. The minimum atomic E-state index is -4.49. The molecule has 4 N–H and O–H groups in total. The van der Waals surface area contributed by atoms with Gasteiger partial charge in [-0.05, 0) is 37.9 Å². The Hall–Kier alpha value is -1.09. The predicted molar refractivity (Wildman–Crippen MR) is 125 cm³/mol. The number of H-pyrrole nitrogens is 1. The van der Waals surface area contributed by atoms with Crippen LogP contribution in [0.5, 0.6) is 0 Å². The van der Waals surface area contributed by atoms with Gasteiger partial charge in [-0.1, -0.05) is 19.1 Å². The first-order chi connectivity index (χ1) is 15.2. The zero-order valence-corrected chi connectivity index (χ0v) is 26.5. The molecular formula is C23H30CsF3N6O. The molecule has 3 heterocycles. The summed E-state index contributed by atoms with van der Waals surface area (Å²) < 4.78 is 37.9. The minimum absolute atomic E-state index is 0. The fourth-order valence-electron chi connectivity index (χ4n) is 3.85. The Bertz CT molecular complexity index is 1100. The molecule has 1 aliphatic rings. The summed E-state index contributed by atoms with van der Waals surface area (Å²) in [6.07, 6.45) is -0.628. The van der Waals surface area contributed by atoms with E-state index in [0.29, 0.717) is 36.1 Å². The molecule has 7 nitrogen and oxygen atoms in total. The monoisotopic (exact) mass is 596 g/mol. The van der Waals surface area contributed by atoms with Crippen LogP contribution >= 0.6 is 0 Å². The molecule has 1 atom stereocenters. The van der Waals surface area contributed by atoms with E-state index in [9.17, 15) is 18.0 Å². The van der Waals surface area contributed by atoms with E-state index < -0.39 is 18.6 Å². The molecule has 0 saturated carbocycles. The van der Waals surface area contributed by atoms with Gasteiger partial charge in [0.15, 0.2) is 0 Å². The molecule has 2 aromatic heterocycles. The van der Waals surface area contributed by atoms with Crippen LogP contribution in [-0.2, 0) is 0 Å². The van der Waals surface area contributed by atoms with E-state index in [-0.39, 0.29) is 81.9 Å². The Morgan fingerprint density at radius 1 is 1.29 bits per heavy atom. The summed E-state index contributed by atoms with van der Waals surface area (Å²) >= 11 is 0. The van der Waals surface area contributed by atoms with Crippen LogP contribution in [0.4, 0.5) is 18.9 Å². The van der Waals surface area contributed by atoms with Crippen LogP contribution in [0, 0.1) is 20.3 Å². The third-order valence-corrected chi connectivity index (χ3v) is 5.32. The molecular weight excluding hydrogens is 566 g/mol. The van der Waals surface area contributed by atoms with E-state index in [4.69, 9.17) is 0 Å². The first kappa shape index (κ1) is 30.9. The Balaban J connectivity index is 0.00000141. The number of hydrogen-bond acceptors (Lipinski definition) is 5. The second kappa shape index (κ2) is 13.3. The molecule has 11 heteroatoms. The molecule has 34 heavy (non-hydrogen) atoms. The van der Waals surface area contributed by atoms with Gasteiger partial charge in [-0.2, -0.15) is 13.2 Å². The second-order valence-corrected chi connectivity index (χ2v) is 7.78. The number of anilines is 1. The van der Waals surface area contributed by atoms with Gasteiger partial charge in [0.2, 0.25) is 0 Å². The zero-order valence-electron chi connectivity index (χ0n) is 20.3. The standard InChI is InChI=1S/C21H22F3N5O.CH5N.CH3.Cs/c1-12-6-7-29(10-12)18-14(19-27-16-5-3-4-13(2)17(16)28-19)8-25-9-15(18)20(30)26-11-21(22,23)24;1-2;;/h3-5,8-9,12H,6-7,10-11H2,1-2H3,(H,26,30)(H,27,28);2H2,1H3;1H3;/q;;-1;+1. The second-order valence-electron chi connectivity index (χ2n) is 7.78. The number of halogens is 3. The van der Waals surface area contributed by atoms with Crippen molar-refractivity contribution in [3.8, 4) is 11.4 Å². The molecule has 0 bridgehead atoms. The van der Waals surface area contributed by atoms with Crippen molar-refractivity contribution in [2.45, 2.75) is 26.4 Å². The van der Waals surface area contributed by atoms with E-state index in [0.717, 1.165) is 23.0 Å². The summed E-state index contributed by atoms with van der Waals surface area (Å²) in [6, 6.07) is 5.78. The van der Waals surface area contributed by atoms with Crippen molar-refractivity contribution in [2.75, 3.05) is 31.6 Å². The fourth-order valence-corrected chi connectivity index (χ4v) is 3.85. The Labute approximate surface area is 256 Å². The number of nitrogens with two attached hydrogens (primary N) is 1. The minimum Gasteiger partial charge on any atom is -0.370 e. The maximum atomic E-state index is 12.7. The van der Waals surface area contributed by atoms with Gasteiger partial charge in [0, 0.05) is 25.5 Å². The van der Waals surface area contributed by atoms with E-state index >= 15 is 0 Å². The molecule has 1 aliphatic heterocycles. The number of rotatable bonds is 4. The number of nitrogens with zero attached hydrogens (tertiary/aromatic N) is 3. The number of imidazole rings is 1. The molecule has 0 aliphatic carbocycles. The molecule has 1 amide bonds. The van der Waals surface area contributed by atoms with Gasteiger partial charge in [-0.3, -0.25) is 9.78 Å². The molecule has 3 aromatic rings. The first-order valence-corrected chi connectivity index (χ1v) is 10.3. The largest absolute Gasteiger partial charge is 1.00 e. The molecule has 180 valence electrons. The van der Waals surface area contributed by atoms with Gasteiger partial charge in [0.25, 0.3) is 5.91 Å². The Morgan fingerprint density at radius 3 is 2.59 bits per heavy atom. The number of pyridine rings is 1. The number of aryl methyl sites for hydroxylation is 1. The number of aromatic nitrogens is 3. The Morgan fingerprint density at radius 2 is 2.00 bits per heavy atom. The number of carbonyl (C=O) groups is 1. The van der Waals surface area contributed by atoms with Crippen LogP contribution in [0.1, 0.15) is 29.3 Å². The first-order valence-electron chi connectivity index (χ1n) is 10.3. The van der Waals surface area contributed by atoms with Gasteiger partial charge in [0.05, 0.1) is 27.8 Å². The van der Waals surface area contributed by atoms with E-state index in [1.54, 1.807) is 6.20 Å². The van der Waals surface area contributed by atoms with Gasteiger partial charge in [-0.15, -0.1) is 0 Å². The number of nitrogens with one attached hydrogen (secondary N) is 2. The molecule has 1 fully saturated rings. The van der Waals surface area contributed by atoms with Crippen molar-refractivity contribution in [3.05, 3.63) is 49.1 Å². The number of para-hydroxylation sites is 1. The molecule has 0 spiro atoms. The van der Waals surface area contributed by atoms with Crippen LogP contribution in [-0.4, -0.2) is 53.7 Å². The smallest absolute Gasteiger partial charge is 0.370 e. The molecule has 0 radical (unpaired) electrons. The van der Waals surface area contributed by atoms with Gasteiger partial charge < -0.3 is 28.4 Å². The maximum absolute atomic E-state index is 12.7. The van der Waals surface area contributed by atoms with Crippen molar-refractivity contribution >= 4 is 22.6 Å². The summed E-state index contributed by atoms with van der Waals surface area (Å²) in [5.74, 6) is 0.144. The van der Waals surface area contributed by atoms with Crippen molar-refractivity contribution in [1.82, 2.24) is 20.3 Å². The van der Waals surface area contributed by atoms with Crippen LogP contribution in [0.15, 0.2) is 30.6 Å². The van der Waals surface area contributed by atoms with Crippen molar-refractivity contribution in [3.63, 3.8) is 0 Å². The summed E-state index contributed by atoms with van der Waals surface area (Å²) in [5, 5.41) is 1.97. The summed E-state index contributed by atoms with van der Waals surface area (Å²) in [6.45, 7) is 4.08. The molecule has 1 unspecified atom stereocenters.